The number of nitrogens with zero attached hydrogens (tertiary/aromatic N) is 2. The molecule has 0 radical (unpaired) electrons. The Morgan fingerprint density at radius 2 is 1.66 bits per heavy atom. The quantitative estimate of drug-likeness (QED) is 0.408. The van der Waals surface area contributed by atoms with Crippen molar-refractivity contribution in [1.82, 2.24) is 10.2 Å². The van der Waals surface area contributed by atoms with Crippen molar-refractivity contribution >= 4 is 43.5 Å². The number of carbonyl (C=O) groups is 2. The zero-order chi connectivity index (χ0) is 26.2. The Morgan fingerprint density at radius 1 is 1.06 bits per heavy atom. The van der Waals surface area contributed by atoms with E-state index < -0.39 is 16.1 Å². The molecule has 35 heavy (non-hydrogen) atoms. The van der Waals surface area contributed by atoms with E-state index in [1.807, 2.05) is 63.2 Å². The zero-order valence-corrected chi connectivity index (χ0v) is 23.6. The third-order valence-electron chi connectivity index (χ3n) is 5.63. The van der Waals surface area contributed by atoms with Crippen molar-refractivity contribution in [2.45, 2.75) is 59.5 Å². The van der Waals surface area contributed by atoms with Crippen LogP contribution in [-0.4, -0.2) is 50.5 Å². The summed E-state index contributed by atoms with van der Waals surface area (Å²) in [5.74, 6) is -0.397. The van der Waals surface area contributed by atoms with Crippen LogP contribution in [0.4, 0.5) is 5.69 Å². The molecule has 0 spiro atoms. The Bertz CT molecular complexity index is 1100. The number of benzene rings is 2. The fourth-order valence-electron chi connectivity index (χ4n) is 3.86. The molecule has 1 N–H and O–H groups in total. The number of amides is 2. The van der Waals surface area contributed by atoms with E-state index in [2.05, 4.69) is 21.2 Å². The summed E-state index contributed by atoms with van der Waals surface area (Å²) >= 11 is 3.41. The average molecular weight is 567 g/mol. The van der Waals surface area contributed by atoms with Crippen LogP contribution >= 0.6 is 15.9 Å². The van der Waals surface area contributed by atoms with Gasteiger partial charge < -0.3 is 10.2 Å². The molecule has 2 amide bonds. The lowest BCUT2D eigenvalue weighted by Gasteiger charge is -2.29. The van der Waals surface area contributed by atoms with Crippen LogP contribution in [0.5, 0.6) is 0 Å². The fraction of sp³-hybridized carbons (Fsp3) is 0.462. The SMILES string of the molecule is CCCNC(=O)[C@H](C)N(Cc1ccc(Br)cc1)C(=O)CCCN(c1cc(C)cc(C)c1)S(C)(=O)=O. The van der Waals surface area contributed by atoms with E-state index in [0.29, 0.717) is 25.2 Å². The maximum atomic E-state index is 13.3. The second-order valence-electron chi connectivity index (χ2n) is 8.90. The molecule has 0 aromatic heterocycles. The zero-order valence-electron chi connectivity index (χ0n) is 21.2. The predicted molar refractivity (Wildman–Crippen MR) is 145 cm³/mol. The summed E-state index contributed by atoms with van der Waals surface area (Å²) in [6.45, 7) is 8.55. The van der Waals surface area contributed by atoms with Crippen LogP contribution in [0.15, 0.2) is 46.9 Å². The molecule has 192 valence electrons. The van der Waals surface area contributed by atoms with Crippen LogP contribution in [0.25, 0.3) is 0 Å². The topological polar surface area (TPSA) is 86.8 Å². The molecular formula is C26H36BrN3O4S. The van der Waals surface area contributed by atoms with Gasteiger partial charge in [-0.3, -0.25) is 13.9 Å². The second kappa shape index (κ2) is 13.1. The number of sulfonamides is 1. The van der Waals surface area contributed by atoms with Crippen molar-refractivity contribution in [2.75, 3.05) is 23.7 Å². The maximum Gasteiger partial charge on any atom is 0.242 e. The molecule has 0 aliphatic carbocycles. The van der Waals surface area contributed by atoms with E-state index in [0.717, 1.165) is 27.6 Å². The van der Waals surface area contributed by atoms with Gasteiger partial charge in [0.05, 0.1) is 11.9 Å². The van der Waals surface area contributed by atoms with Gasteiger partial charge in [0.2, 0.25) is 21.8 Å². The minimum Gasteiger partial charge on any atom is -0.354 e. The number of rotatable bonds is 12. The Balaban J connectivity index is 2.17. The Morgan fingerprint density at radius 3 is 2.20 bits per heavy atom. The Hall–Kier alpha value is -2.39. The summed E-state index contributed by atoms with van der Waals surface area (Å²) in [5, 5.41) is 2.86. The molecule has 0 heterocycles. The summed E-state index contributed by atoms with van der Waals surface area (Å²) in [6.07, 6.45) is 2.43. The van der Waals surface area contributed by atoms with Gasteiger partial charge in [-0.1, -0.05) is 41.1 Å². The highest BCUT2D eigenvalue weighted by atomic mass is 79.9. The van der Waals surface area contributed by atoms with Gasteiger partial charge in [0.25, 0.3) is 0 Å². The molecule has 9 heteroatoms. The first-order chi connectivity index (χ1) is 16.4. The highest BCUT2D eigenvalue weighted by Crippen LogP contribution is 2.22. The van der Waals surface area contributed by atoms with Crippen LogP contribution in [0.2, 0.25) is 0 Å². The van der Waals surface area contributed by atoms with Crippen molar-refractivity contribution < 1.29 is 18.0 Å². The molecule has 0 saturated heterocycles. The summed E-state index contributed by atoms with van der Waals surface area (Å²) in [6, 6.07) is 12.6. The van der Waals surface area contributed by atoms with Gasteiger partial charge in [0.1, 0.15) is 6.04 Å². The van der Waals surface area contributed by atoms with Gasteiger partial charge in [-0.2, -0.15) is 0 Å². The molecule has 1 atom stereocenters. The summed E-state index contributed by atoms with van der Waals surface area (Å²) < 4.78 is 27.3. The lowest BCUT2D eigenvalue weighted by molar-refractivity contribution is -0.140. The highest BCUT2D eigenvalue weighted by Gasteiger charge is 2.26. The normalized spacial score (nSPS) is 12.2. The van der Waals surface area contributed by atoms with Gasteiger partial charge >= 0.3 is 0 Å². The van der Waals surface area contributed by atoms with Gasteiger partial charge in [-0.05, 0) is 74.6 Å². The molecule has 2 aromatic carbocycles. The highest BCUT2D eigenvalue weighted by molar-refractivity contribution is 9.10. The van der Waals surface area contributed by atoms with Crippen LogP contribution in [-0.2, 0) is 26.2 Å². The van der Waals surface area contributed by atoms with Crippen LogP contribution < -0.4 is 9.62 Å². The van der Waals surface area contributed by atoms with Crippen LogP contribution in [0, 0.1) is 13.8 Å². The first-order valence-electron chi connectivity index (χ1n) is 11.8. The third kappa shape index (κ3) is 8.96. The van der Waals surface area contributed by atoms with Crippen LogP contribution in [0.3, 0.4) is 0 Å². The van der Waals surface area contributed by atoms with Gasteiger partial charge in [-0.15, -0.1) is 0 Å². The van der Waals surface area contributed by atoms with Gasteiger partial charge in [-0.25, -0.2) is 8.42 Å². The monoisotopic (exact) mass is 565 g/mol. The number of aryl methyl sites for hydroxylation is 2. The van der Waals surface area contributed by atoms with E-state index in [-0.39, 0.29) is 24.8 Å². The average Bonchev–Trinajstić information content (AvgIpc) is 2.77. The molecule has 0 aliphatic rings. The number of nitrogens with one attached hydrogen (secondary N) is 1. The van der Waals surface area contributed by atoms with Crippen molar-refractivity contribution in [1.29, 1.82) is 0 Å². The first-order valence-corrected chi connectivity index (χ1v) is 14.4. The second-order valence-corrected chi connectivity index (χ2v) is 11.7. The summed E-state index contributed by atoms with van der Waals surface area (Å²) in [5.41, 5.74) is 3.44. The summed E-state index contributed by atoms with van der Waals surface area (Å²) in [4.78, 5) is 27.5. The molecule has 0 saturated carbocycles. The van der Waals surface area contributed by atoms with Crippen LogP contribution in [0.1, 0.15) is 49.8 Å². The third-order valence-corrected chi connectivity index (χ3v) is 7.35. The number of carbonyl (C=O) groups excluding carboxylic acids is 2. The lowest BCUT2D eigenvalue weighted by atomic mass is 10.1. The number of hydrogen-bond acceptors (Lipinski definition) is 4. The molecule has 0 fully saturated rings. The minimum absolute atomic E-state index is 0.124. The Kier molecular flexibility index (Phi) is 10.8. The van der Waals surface area contributed by atoms with Gasteiger partial charge in [0, 0.05) is 30.5 Å². The largest absolute Gasteiger partial charge is 0.354 e. The molecule has 2 aromatic rings. The van der Waals surface area contributed by atoms with E-state index >= 15 is 0 Å². The van der Waals surface area contributed by atoms with E-state index in [9.17, 15) is 18.0 Å². The molecule has 0 bridgehead atoms. The van der Waals surface area contributed by atoms with Crippen molar-refractivity contribution in [3.05, 3.63) is 63.6 Å². The van der Waals surface area contributed by atoms with Gasteiger partial charge in [0.15, 0.2) is 0 Å². The van der Waals surface area contributed by atoms with E-state index in [1.54, 1.807) is 11.8 Å². The number of halogens is 1. The minimum atomic E-state index is -3.52. The van der Waals surface area contributed by atoms with Crippen molar-refractivity contribution in [2.24, 2.45) is 0 Å². The molecule has 2 rings (SSSR count). The lowest BCUT2D eigenvalue weighted by Crippen LogP contribution is -2.47. The van der Waals surface area contributed by atoms with E-state index in [1.165, 1.54) is 10.6 Å². The molecule has 7 nitrogen and oxygen atoms in total. The smallest absolute Gasteiger partial charge is 0.242 e. The number of anilines is 1. The molecular weight excluding hydrogens is 530 g/mol. The van der Waals surface area contributed by atoms with Crippen molar-refractivity contribution in [3.63, 3.8) is 0 Å². The predicted octanol–water partition coefficient (Wildman–Crippen LogP) is 4.56. The first kappa shape index (κ1) is 28.8. The molecule has 0 aliphatic heterocycles. The number of hydrogen-bond donors (Lipinski definition) is 1. The Labute approximate surface area is 218 Å². The molecule has 0 unspecified atom stereocenters. The fourth-order valence-corrected chi connectivity index (χ4v) is 5.08. The summed E-state index contributed by atoms with van der Waals surface area (Å²) in [7, 11) is -3.52. The van der Waals surface area contributed by atoms with Crippen molar-refractivity contribution in [3.8, 4) is 0 Å². The van der Waals surface area contributed by atoms with E-state index in [4.69, 9.17) is 0 Å². The maximum absolute atomic E-state index is 13.3. The standard InChI is InChI=1S/C26H36BrN3O4S/c1-6-13-28-26(32)21(4)29(18-22-9-11-23(27)12-10-22)25(31)8-7-14-30(35(5,33)34)24-16-19(2)15-20(3)17-24/h9-12,15-17,21H,6-8,13-14,18H2,1-5H3,(H,28,32)/t21-/m0/s1.